The van der Waals surface area contributed by atoms with E-state index in [-0.39, 0.29) is 19.1 Å². The number of aliphatic carboxylic acids is 1. The summed E-state index contributed by atoms with van der Waals surface area (Å²) in [6.45, 7) is 0.549. The lowest BCUT2D eigenvalue weighted by molar-refractivity contribution is -0.139. The highest BCUT2D eigenvalue weighted by Gasteiger charge is 2.23. The van der Waals surface area contributed by atoms with Gasteiger partial charge < -0.3 is 30.4 Å². The molecule has 246 valence electrons. The minimum atomic E-state index is -1.38. The summed E-state index contributed by atoms with van der Waals surface area (Å²) in [5, 5.41) is 14.4. The highest BCUT2D eigenvalue weighted by Crippen LogP contribution is 2.29. The Morgan fingerprint density at radius 2 is 1.66 bits per heavy atom. The van der Waals surface area contributed by atoms with Crippen molar-refractivity contribution in [2.45, 2.75) is 64.1 Å². The lowest BCUT2D eigenvalue weighted by Crippen LogP contribution is -2.48. The number of amides is 3. The number of carbonyl (C=O) groups excluding carboxylic acids is 3. The van der Waals surface area contributed by atoms with Crippen LogP contribution in [0.4, 0.5) is 4.79 Å². The van der Waals surface area contributed by atoms with Gasteiger partial charge in [0.1, 0.15) is 18.5 Å². The summed E-state index contributed by atoms with van der Waals surface area (Å²) in [4.78, 5) is 60.0. The average Bonchev–Trinajstić information content (AvgIpc) is 3.77. The fraction of sp³-hybridized carbons (Fsp3) is 0.361. The number of carboxylic acid groups (broad SMARTS) is 1. The summed E-state index contributed by atoms with van der Waals surface area (Å²) < 4.78 is 5.10. The van der Waals surface area contributed by atoms with Gasteiger partial charge in [0.05, 0.1) is 11.0 Å². The molecule has 3 amide bonds. The highest BCUT2D eigenvalue weighted by atomic mass is 16.5. The number of nitrogens with zero attached hydrogens (tertiary/aromatic N) is 2. The van der Waals surface area contributed by atoms with Crippen LogP contribution in [-0.2, 0) is 33.9 Å². The first-order chi connectivity index (χ1) is 22.8. The highest BCUT2D eigenvalue weighted by molar-refractivity contribution is 5.94. The monoisotopic (exact) mass is 639 g/mol. The number of hydrogen-bond donors (Lipinski definition) is 4. The molecule has 0 radical (unpaired) electrons. The van der Waals surface area contributed by atoms with Crippen LogP contribution in [0.1, 0.15) is 65.8 Å². The molecule has 1 atom stereocenters. The summed E-state index contributed by atoms with van der Waals surface area (Å²) in [6, 6.07) is 22.3. The normalized spacial score (nSPS) is 13.6. The van der Waals surface area contributed by atoms with Gasteiger partial charge in [-0.3, -0.25) is 9.59 Å². The first-order valence-corrected chi connectivity index (χ1v) is 16.1. The predicted molar refractivity (Wildman–Crippen MR) is 176 cm³/mol. The van der Waals surface area contributed by atoms with Gasteiger partial charge in [0.15, 0.2) is 0 Å². The zero-order chi connectivity index (χ0) is 33.0. The van der Waals surface area contributed by atoms with E-state index in [1.165, 1.54) is 25.7 Å². The number of H-pyrrole nitrogens is 1. The number of alkyl carbamates (subject to hydrolysis) is 1. The molecule has 1 aliphatic carbocycles. The SMILES string of the molecule is O=C(N[C@@H](CNC(=O)c1ccc(CN(CCc2nc3ccccc3[nH]2)C(=O)CCC2CCCC2)cc1)C(=O)O)OCc1ccccc1. The van der Waals surface area contributed by atoms with Crippen LogP contribution >= 0.6 is 0 Å². The summed E-state index contributed by atoms with van der Waals surface area (Å²) in [5.41, 5.74) is 3.81. The first kappa shape index (κ1) is 33.2. The third kappa shape index (κ3) is 9.90. The van der Waals surface area contributed by atoms with Gasteiger partial charge in [-0.15, -0.1) is 0 Å². The zero-order valence-corrected chi connectivity index (χ0v) is 26.3. The van der Waals surface area contributed by atoms with E-state index in [0.29, 0.717) is 37.4 Å². The van der Waals surface area contributed by atoms with Gasteiger partial charge in [-0.05, 0) is 47.7 Å². The van der Waals surface area contributed by atoms with Crippen molar-refractivity contribution >= 4 is 34.9 Å². The second kappa shape index (κ2) is 16.4. The van der Waals surface area contributed by atoms with Gasteiger partial charge in [-0.25, -0.2) is 14.6 Å². The van der Waals surface area contributed by atoms with Crippen LogP contribution in [0.15, 0.2) is 78.9 Å². The number of benzene rings is 3. The van der Waals surface area contributed by atoms with E-state index in [4.69, 9.17) is 4.74 Å². The largest absolute Gasteiger partial charge is 0.480 e. The second-order valence-electron chi connectivity index (χ2n) is 12.0. The van der Waals surface area contributed by atoms with E-state index in [1.54, 1.807) is 48.5 Å². The molecule has 1 heterocycles. The summed E-state index contributed by atoms with van der Waals surface area (Å²) >= 11 is 0. The molecule has 0 saturated heterocycles. The second-order valence-corrected chi connectivity index (χ2v) is 12.0. The minimum Gasteiger partial charge on any atom is -0.480 e. The first-order valence-electron chi connectivity index (χ1n) is 16.1. The van der Waals surface area contributed by atoms with Crippen LogP contribution in [0, 0.1) is 5.92 Å². The standard InChI is InChI=1S/C36H41N5O6/c42-33(19-16-25-8-4-5-9-25)41(21-20-32-38-29-12-6-7-13-30(29)39-32)23-26-14-17-28(18-15-26)34(43)37-22-31(35(44)45)40-36(46)47-24-27-10-2-1-3-11-27/h1-3,6-7,10-15,17-18,25,31H,4-5,8-9,16,19-24H2,(H,37,43)(H,38,39)(H,40,46)(H,44,45)/t31-/m0/s1. The molecule has 0 aliphatic heterocycles. The molecule has 0 bridgehead atoms. The van der Waals surface area contributed by atoms with Crippen LogP contribution in [0.2, 0.25) is 0 Å². The molecule has 0 unspecified atom stereocenters. The topological polar surface area (TPSA) is 154 Å². The Labute approximate surface area is 273 Å². The van der Waals surface area contributed by atoms with Crippen LogP contribution in [-0.4, -0.2) is 63.0 Å². The van der Waals surface area contributed by atoms with Gasteiger partial charge in [0.25, 0.3) is 5.91 Å². The molecule has 1 fully saturated rings. The predicted octanol–water partition coefficient (Wildman–Crippen LogP) is 5.21. The Morgan fingerprint density at radius 3 is 2.38 bits per heavy atom. The number of para-hydroxylation sites is 2. The van der Waals surface area contributed by atoms with Gasteiger partial charge >= 0.3 is 12.1 Å². The molecule has 11 nitrogen and oxygen atoms in total. The minimum absolute atomic E-state index is 0.0127. The van der Waals surface area contributed by atoms with Crippen molar-refractivity contribution in [3.63, 3.8) is 0 Å². The van der Waals surface area contributed by atoms with Crippen molar-refractivity contribution in [1.82, 2.24) is 25.5 Å². The number of carboxylic acids is 1. The number of fused-ring (bicyclic) bond motifs is 1. The van der Waals surface area contributed by atoms with Crippen molar-refractivity contribution in [3.05, 3.63) is 101 Å². The van der Waals surface area contributed by atoms with Crippen molar-refractivity contribution in [3.8, 4) is 0 Å². The molecular weight excluding hydrogens is 598 g/mol. The number of aromatic nitrogens is 2. The van der Waals surface area contributed by atoms with Crippen LogP contribution in [0.5, 0.6) is 0 Å². The number of nitrogens with one attached hydrogen (secondary N) is 3. The van der Waals surface area contributed by atoms with Crippen molar-refractivity contribution in [2.24, 2.45) is 5.92 Å². The smallest absolute Gasteiger partial charge is 0.408 e. The molecule has 0 spiro atoms. The third-order valence-electron chi connectivity index (χ3n) is 8.51. The molecule has 3 aromatic carbocycles. The van der Waals surface area contributed by atoms with Crippen molar-refractivity contribution < 1.29 is 29.0 Å². The molecule has 1 saturated carbocycles. The number of rotatable bonds is 15. The Hall–Kier alpha value is -5.19. The van der Waals surface area contributed by atoms with E-state index in [9.17, 15) is 24.3 Å². The summed E-state index contributed by atoms with van der Waals surface area (Å²) in [7, 11) is 0. The fourth-order valence-electron chi connectivity index (χ4n) is 5.83. The molecule has 11 heteroatoms. The number of carbonyl (C=O) groups is 4. The maximum atomic E-state index is 13.4. The summed E-state index contributed by atoms with van der Waals surface area (Å²) in [6.07, 6.45) is 5.95. The molecule has 5 rings (SSSR count). The van der Waals surface area contributed by atoms with Crippen LogP contribution in [0.3, 0.4) is 0 Å². The van der Waals surface area contributed by atoms with Gasteiger partial charge in [0.2, 0.25) is 5.91 Å². The maximum Gasteiger partial charge on any atom is 0.408 e. The Morgan fingerprint density at radius 1 is 0.936 bits per heavy atom. The van der Waals surface area contributed by atoms with E-state index in [1.807, 2.05) is 35.2 Å². The zero-order valence-electron chi connectivity index (χ0n) is 26.3. The fourth-order valence-corrected chi connectivity index (χ4v) is 5.83. The summed E-state index contributed by atoms with van der Waals surface area (Å²) in [5.74, 6) is -0.256. The Bertz CT molecular complexity index is 1620. The lowest BCUT2D eigenvalue weighted by atomic mass is 10.0. The molecule has 4 N–H and O–H groups in total. The van der Waals surface area contributed by atoms with Crippen LogP contribution in [0.25, 0.3) is 11.0 Å². The molecule has 1 aliphatic rings. The van der Waals surface area contributed by atoms with Gasteiger partial charge in [0, 0.05) is 38.0 Å². The number of imidazole rings is 1. The maximum absolute atomic E-state index is 13.4. The number of hydrogen-bond acceptors (Lipinski definition) is 6. The van der Waals surface area contributed by atoms with Gasteiger partial charge in [-0.1, -0.05) is 80.3 Å². The van der Waals surface area contributed by atoms with E-state index in [0.717, 1.165) is 34.4 Å². The van der Waals surface area contributed by atoms with Crippen molar-refractivity contribution in [1.29, 1.82) is 0 Å². The third-order valence-corrected chi connectivity index (χ3v) is 8.51. The molecule has 47 heavy (non-hydrogen) atoms. The number of ether oxygens (including phenoxy) is 1. The van der Waals surface area contributed by atoms with E-state index >= 15 is 0 Å². The van der Waals surface area contributed by atoms with Crippen LogP contribution < -0.4 is 10.6 Å². The average molecular weight is 640 g/mol. The molecule has 4 aromatic rings. The van der Waals surface area contributed by atoms with E-state index < -0.39 is 24.0 Å². The van der Waals surface area contributed by atoms with Crippen molar-refractivity contribution in [2.75, 3.05) is 13.1 Å². The van der Waals surface area contributed by atoms with Gasteiger partial charge in [-0.2, -0.15) is 0 Å². The Balaban J connectivity index is 1.15. The quantitative estimate of drug-likeness (QED) is 0.139. The Kier molecular flexibility index (Phi) is 11.6. The number of aromatic amines is 1. The molecular formula is C36H41N5O6. The molecule has 1 aromatic heterocycles. The van der Waals surface area contributed by atoms with E-state index in [2.05, 4.69) is 20.6 Å². The lowest BCUT2D eigenvalue weighted by Gasteiger charge is -2.23.